The zero-order chi connectivity index (χ0) is 15.4. The Hall–Kier alpha value is -1.28. The molecule has 118 valence electrons. The van der Waals surface area contributed by atoms with Crippen LogP contribution in [-0.4, -0.2) is 31.2 Å². The molecule has 0 spiro atoms. The maximum atomic E-state index is 9.94. The quantitative estimate of drug-likeness (QED) is 0.767. The van der Waals surface area contributed by atoms with E-state index in [1.807, 2.05) is 5.38 Å². The highest BCUT2D eigenvalue weighted by molar-refractivity contribution is 9.10. The summed E-state index contributed by atoms with van der Waals surface area (Å²) in [7, 11) is 0. The summed E-state index contributed by atoms with van der Waals surface area (Å²) in [6, 6.07) is 7.44. The molecule has 1 atom stereocenters. The van der Waals surface area contributed by atoms with E-state index < -0.39 is 6.10 Å². The number of hydrogen-bond donors (Lipinski definition) is 2. The van der Waals surface area contributed by atoms with E-state index >= 15 is 0 Å². The Morgan fingerprint density at radius 3 is 3.00 bits per heavy atom. The molecule has 22 heavy (non-hydrogen) atoms. The van der Waals surface area contributed by atoms with E-state index in [9.17, 15) is 5.11 Å². The Morgan fingerprint density at radius 1 is 1.32 bits per heavy atom. The van der Waals surface area contributed by atoms with Crippen molar-refractivity contribution in [2.24, 2.45) is 0 Å². The molecule has 2 heterocycles. The van der Waals surface area contributed by atoms with E-state index in [0.29, 0.717) is 18.0 Å². The first-order valence-corrected chi connectivity index (χ1v) is 8.52. The lowest BCUT2D eigenvalue weighted by Crippen LogP contribution is -2.30. The highest BCUT2D eigenvalue weighted by atomic mass is 79.9. The summed E-state index contributed by atoms with van der Waals surface area (Å²) in [5.74, 6) is 2.05. The van der Waals surface area contributed by atoms with Crippen LogP contribution < -0.4 is 19.5 Å². The van der Waals surface area contributed by atoms with E-state index in [2.05, 4.69) is 27.3 Å². The standard InChI is InChI=1S/C15H16BrNO4S/c16-10-3-13(22-8-10)6-17-5-11(18)7-19-12-1-2-14-15(4-12)21-9-20-14/h1-4,8,11,17-18H,5-7,9H2. The summed E-state index contributed by atoms with van der Waals surface area (Å²) < 4.78 is 17.2. The first-order valence-electron chi connectivity index (χ1n) is 6.85. The van der Waals surface area contributed by atoms with Crippen molar-refractivity contribution in [1.29, 1.82) is 0 Å². The summed E-state index contributed by atoms with van der Waals surface area (Å²) >= 11 is 5.09. The van der Waals surface area contributed by atoms with Gasteiger partial charge in [-0.2, -0.15) is 0 Å². The van der Waals surface area contributed by atoms with Crippen LogP contribution in [0.3, 0.4) is 0 Å². The maximum absolute atomic E-state index is 9.94. The van der Waals surface area contributed by atoms with Crippen molar-refractivity contribution < 1.29 is 19.3 Å². The fourth-order valence-corrected chi connectivity index (χ4v) is 3.45. The van der Waals surface area contributed by atoms with Gasteiger partial charge in [0.15, 0.2) is 11.5 Å². The summed E-state index contributed by atoms with van der Waals surface area (Å²) in [5.41, 5.74) is 0. The van der Waals surface area contributed by atoms with E-state index in [0.717, 1.165) is 16.8 Å². The van der Waals surface area contributed by atoms with E-state index in [1.54, 1.807) is 29.5 Å². The highest BCUT2D eigenvalue weighted by Crippen LogP contribution is 2.35. The molecule has 0 radical (unpaired) electrons. The van der Waals surface area contributed by atoms with Gasteiger partial charge in [-0.05, 0) is 34.1 Å². The van der Waals surface area contributed by atoms with E-state index in [4.69, 9.17) is 14.2 Å². The van der Waals surface area contributed by atoms with Gasteiger partial charge in [0.1, 0.15) is 18.5 Å². The van der Waals surface area contributed by atoms with Crippen molar-refractivity contribution in [2.75, 3.05) is 19.9 Å². The molecule has 2 aromatic rings. The predicted octanol–water partition coefficient (Wildman–Crippen LogP) is 2.77. The van der Waals surface area contributed by atoms with Crippen LogP contribution in [0.4, 0.5) is 0 Å². The Labute approximate surface area is 141 Å². The first-order chi connectivity index (χ1) is 10.7. The Balaban J connectivity index is 1.39. The Morgan fingerprint density at radius 2 is 2.18 bits per heavy atom. The van der Waals surface area contributed by atoms with Crippen molar-refractivity contribution in [2.45, 2.75) is 12.6 Å². The number of benzene rings is 1. The number of aliphatic hydroxyl groups is 1. The second-order valence-electron chi connectivity index (χ2n) is 4.84. The van der Waals surface area contributed by atoms with Gasteiger partial charge in [-0.15, -0.1) is 11.3 Å². The number of nitrogens with one attached hydrogen (secondary N) is 1. The average molecular weight is 386 g/mol. The largest absolute Gasteiger partial charge is 0.491 e. The molecule has 0 amide bonds. The van der Waals surface area contributed by atoms with Gasteiger partial charge in [0.2, 0.25) is 6.79 Å². The number of ether oxygens (including phenoxy) is 3. The van der Waals surface area contributed by atoms with Crippen LogP contribution in [0.25, 0.3) is 0 Å². The fourth-order valence-electron chi connectivity index (χ4n) is 2.03. The van der Waals surface area contributed by atoms with Crippen LogP contribution in [0.2, 0.25) is 0 Å². The number of thiophene rings is 1. The molecule has 2 N–H and O–H groups in total. The third-order valence-corrected chi connectivity index (χ3v) is 4.78. The van der Waals surface area contributed by atoms with Crippen LogP contribution >= 0.6 is 27.3 Å². The third kappa shape index (κ3) is 4.13. The van der Waals surface area contributed by atoms with Crippen molar-refractivity contribution in [3.05, 3.63) is 39.0 Å². The van der Waals surface area contributed by atoms with Crippen LogP contribution in [0.15, 0.2) is 34.1 Å². The molecule has 7 heteroatoms. The molecular weight excluding hydrogens is 370 g/mol. The van der Waals surface area contributed by atoms with Crippen molar-refractivity contribution in [3.8, 4) is 17.2 Å². The topological polar surface area (TPSA) is 60.0 Å². The minimum absolute atomic E-state index is 0.223. The van der Waals surface area contributed by atoms with Crippen molar-refractivity contribution in [3.63, 3.8) is 0 Å². The lowest BCUT2D eigenvalue weighted by molar-refractivity contribution is 0.106. The van der Waals surface area contributed by atoms with Crippen molar-refractivity contribution >= 4 is 27.3 Å². The predicted molar refractivity (Wildman–Crippen MR) is 87.8 cm³/mol. The molecule has 1 aromatic carbocycles. The van der Waals surface area contributed by atoms with Crippen molar-refractivity contribution in [1.82, 2.24) is 5.32 Å². The number of hydrogen-bond acceptors (Lipinski definition) is 6. The lowest BCUT2D eigenvalue weighted by Gasteiger charge is -2.13. The molecule has 1 aliphatic rings. The number of rotatable bonds is 7. The Bertz CT molecular complexity index is 634. The highest BCUT2D eigenvalue weighted by Gasteiger charge is 2.14. The van der Waals surface area contributed by atoms with Gasteiger partial charge in [0.25, 0.3) is 0 Å². The second-order valence-corrected chi connectivity index (χ2v) is 6.75. The van der Waals surface area contributed by atoms with Gasteiger partial charge in [0.05, 0.1) is 0 Å². The molecule has 0 fully saturated rings. The molecule has 3 rings (SSSR count). The summed E-state index contributed by atoms with van der Waals surface area (Å²) in [5, 5.41) is 15.2. The molecule has 1 aromatic heterocycles. The maximum Gasteiger partial charge on any atom is 0.231 e. The molecule has 1 unspecified atom stereocenters. The van der Waals surface area contributed by atoms with Gasteiger partial charge in [-0.3, -0.25) is 0 Å². The first kappa shape index (κ1) is 15.6. The molecule has 0 aliphatic carbocycles. The second kappa shape index (κ2) is 7.32. The number of halogens is 1. The minimum Gasteiger partial charge on any atom is -0.491 e. The van der Waals surface area contributed by atoms with Gasteiger partial charge in [-0.1, -0.05) is 0 Å². The normalized spacial score (nSPS) is 14.1. The monoisotopic (exact) mass is 385 g/mol. The number of aliphatic hydroxyl groups excluding tert-OH is 1. The van der Waals surface area contributed by atoms with Crippen LogP contribution in [-0.2, 0) is 6.54 Å². The summed E-state index contributed by atoms with van der Waals surface area (Å²) in [6.45, 7) is 1.67. The van der Waals surface area contributed by atoms with Gasteiger partial charge in [0, 0.05) is 33.9 Å². The zero-order valence-electron chi connectivity index (χ0n) is 11.8. The third-order valence-electron chi connectivity index (χ3n) is 3.09. The summed E-state index contributed by atoms with van der Waals surface area (Å²) in [6.07, 6.45) is -0.575. The molecule has 0 saturated carbocycles. The molecule has 0 saturated heterocycles. The summed E-state index contributed by atoms with van der Waals surface area (Å²) in [4.78, 5) is 1.22. The Kier molecular flexibility index (Phi) is 5.20. The lowest BCUT2D eigenvalue weighted by atomic mass is 10.3. The van der Waals surface area contributed by atoms with Gasteiger partial charge >= 0.3 is 0 Å². The smallest absolute Gasteiger partial charge is 0.231 e. The van der Waals surface area contributed by atoms with Crippen LogP contribution in [0, 0.1) is 0 Å². The average Bonchev–Trinajstić information content (AvgIpc) is 3.13. The molecule has 5 nitrogen and oxygen atoms in total. The van der Waals surface area contributed by atoms with E-state index in [-0.39, 0.29) is 13.4 Å². The van der Waals surface area contributed by atoms with Crippen LogP contribution in [0.5, 0.6) is 17.2 Å². The zero-order valence-corrected chi connectivity index (χ0v) is 14.2. The van der Waals surface area contributed by atoms with E-state index in [1.165, 1.54) is 4.88 Å². The molecule has 0 bridgehead atoms. The van der Waals surface area contributed by atoms with Crippen LogP contribution in [0.1, 0.15) is 4.88 Å². The van der Waals surface area contributed by atoms with Gasteiger partial charge < -0.3 is 24.6 Å². The molecule has 1 aliphatic heterocycles. The number of fused-ring (bicyclic) bond motifs is 1. The minimum atomic E-state index is -0.575. The van der Waals surface area contributed by atoms with Gasteiger partial charge in [-0.25, -0.2) is 0 Å². The molecular formula is C15H16BrNO4S. The SMILES string of the molecule is OC(CNCc1cc(Br)cs1)COc1ccc2c(c1)OCO2. The fraction of sp³-hybridized carbons (Fsp3) is 0.333.